The maximum Gasteiger partial charge on any atom is 0.145 e. The Labute approximate surface area is 107 Å². The number of halogens is 3. The summed E-state index contributed by atoms with van der Waals surface area (Å²) in [5.74, 6) is 0.350. The van der Waals surface area contributed by atoms with Gasteiger partial charge in [-0.25, -0.2) is 4.39 Å². The van der Waals surface area contributed by atoms with Crippen LogP contribution in [0.5, 0.6) is 5.75 Å². The van der Waals surface area contributed by atoms with Crippen molar-refractivity contribution in [3.8, 4) is 5.75 Å². The Kier molecular flexibility index (Phi) is 6.48. The summed E-state index contributed by atoms with van der Waals surface area (Å²) < 4.78 is 18.2. The van der Waals surface area contributed by atoms with Crippen LogP contribution in [0.3, 0.4) is 0 Å². The number of benzene rings is 1. The van der Waals surface area contributed by atoms with Crippen LogP contribution in [0.1, 0.15) is 0 Å². The van der Waals surface area contributed by atoms with Gasteiger partial charge in [-0.3, -0.25) is 0 Å². The van der Waals surface area contributed by atoms with Gasteiger partial charge >= 0.3 is 0 Å². The first-order valence-electron chi connectivity index (χ1n) is 4.68. The molecule has 0 spiro atoms. The molecule has 0 radical (unpaired) electrons. The molecule has 2 N–H and O–H groups in total. The topological polar surface area (TPSA) is 38.5 Å². The first-order chi connectivity index (χ1) is 6.81. The van der Waals surface area contributed by atoms with Gasteiger partial charge in [0.05, 0.1) is 12.2 Å². The van der Waals surface area contributed by atoms with Crippen LogP contribution in [0.25, 0.3) is 0 Å². The lowest BCUT2D eigenvalue weighted by atomic mass is 10.2. The lowest BCUT2D eigenvalue weighted by Gasteiger charge is -2.30. The highest BCUT2D eigenvalue weighted by atomic mass is 35.5. The number of hydrogen-bond donors (Lipinski definition) is 1. The lowest BCUT2D eigenvalue weighted by Crippen LogP contribution is -2.36. The average Bonchev–Trinajstić information content (AvgIpc) is 2.18. The Morgan fingerprint density at radius 3 is 2.81 bits per heavy atom. The second-order valence-corrected chi connectivity index (χ2v) is 3.24. The minimum Gasteiger partial charge on any atom is -0.489 e. The molecule has 6 heteroatoms. The maximum atomic E-state index is 12.9. The fourth-order valence-corrected chi connectivity index (χ4v) is 1.64. The number of ether oxygens (including phenoxy) is 1. The van der Waals surface area contributed by atoms with E-state index in [1.165, 1.54) is 12.1 Å². The lowest BCUT2D eigenvalue weighted by molar-refractivity contribution is 0.306. The van der Waals surface area contributed by atoms with E-state index in [1.807, 2.05) is 0 Å². The molecule has 1 aliphatic heterocycles. The Morgan fingerprint density at radius 1 is 1.38 bits per heavy atom. The van der Waals surface area contributed by atoms with Crippen LogP contribution in [0.4, 0.5) is 10.1 Å². The maximum absolute atomic E-state index is 12.9. The predicted molar refractivity (Wildman–Crippen MR) is 67.7 cm³/mol. The molecule has 0 fully saturated rings. The molecule has 92 valence electrons. The van der Waals surface area contributed by atoms with E-state index in [2.05, 4.69) is 4.90 Å². The van der Waals surface area contributed by atoms with E-state index in [-0.39, 0.29) is 30.6 Å². The zero-order valence-electron chi connectivity index (χ0n) is 8.69. The molecule has 0 aromatic heterocycles. The van der Waals surface area contributed by atoms with Crippen molar-refractivity contribution < 1.29 is 9.13 Å². The van der Waals surface area contributed by atoms with Gasteiger partial charge in [-0.1, -0.05) is 0 Å². The number of anilines is 1. The molecule has 1 aromatic carbocycles. The van der Waals surface area contributed by atoms with Crippen LogP contribution < -0.4 is 15.4 Å². The highest BCUT2D eigenvalue weighted by Gasteiger charge is 2.17. The summed E-state index contributed by atoms with van der Waals surface area (Å²) in [7, 11) is 0. The molecule has 0 saturated carbocycles. The fourth-order valence-electron chi connectivity index (χ4n) is 1.64. The number of nitrogens with two attached hydrogens (primary N) is 1. The number of hydrogen-bond acceptors (Lipinski definition) is 3. The molecule has 0 aliphatic carbocycles. The van der Waals surface area contributed by atoms with Crippen molar-refractivity contribution in [2.75, 3.05) is 31.1 Å². The summed E-state index contributed by atoms with van der Waals surface area (Å²) in [6.07, 6.45) is 0. The molecule has 1 aromatic rings. The van der Waals surface area contributed by atoms with Gasteiger partial charge in [-0.2, -0.15) is 0 Å². The zero-order valence-corrected chi connectivity index (χ0v) is 10.3. The van der Waals surface area contributed by atoms with Crippen LogP contribution in [0, 0.1) is 5.82 Å². The molecule has 3 nitrogen and oxygen atoms in total. The Hall–Kier alpha value is -0.710. The molecule has 16 heavy (non-hydrogen) atoms. The second-order valence-electron chi connectivity index (χ2n) is 3.24. The van der Waals surface area contributed by atoms with Gasteiger partial charge in [0.25, 0.3) is 0 Å². The first-order valence-corrected chi connectivity index (χ1v) is 4.68. The van der Waals surface area contributed by atoms with Gasteiger partial charge in [0, 0.05) is 19.2 Å². The summed E-state index contributed by atoms with van der Waals surface area (Å²) >= 11 is 0. The molecule has 0 bridgehead atoms. The van der Waals surface area contributed by atoms with Gasteiger partial charge in [0.15, 0.2) is 0 Å². The van der Waals surface area contributed by atoms with Crippen LogP contribution >= 0.6 is 24.8 Å². The fraction of sp³-hybridized carbons (Fsp3) is 0.400. The molecule has 0 saturated heterocycles. The monoisotopic (exact) mass is 268 g/mol. The summed E-state index contributed by atoms with van der Waals surface area (Å²) in [6.45, 7) is 2.78. The van der Waals surface area contributed by atoms with Crippen LogP contribution in [0.2, 0.25) is 0 Å². The average molecular weight is 269 g/mol. The Morgan fingerprint density at radius 2 is 2.12 bits per heavy atom. The van der Waals surface area contributed by atoms with Crippen molar-refractivity contribution in [2.24, 2.45) is 5.73 Å². The molecule has 1 aliphatic rings. The van der Waals surface area contributed by atoms with Crippen molar-refractivity contribution in [1.82, 2.24) is 0 Å². The van der Waals surface area contributed by atoms with Gasteiger partial charge in [0.1, 0.15) is 18.2 Å². The minimum atomic E-state index is -0.265. The van der Waals surface area contributed by atoms with E-state index in [0.717, 1.165) is 18.8 Å². The first kappa shape index (κ1) is 15.3. The van der Waals surface area contributed by atoms with Crippen LogP contribution in [-0.4, -0.2) is 26.2 Å². The highest BCUT2D eigenvalue weighted by molar-refractivity contribution is 5.85. The standard InChI is InChI=1S/C10H13FN2O.2ClH/c11-8-1-2-9-10(7-8)14-6-5-13(9)4-3-12;;/h1-2,7H,3-6,12H2;2*1H. The third kappa shape index (κ3) is 3.14. The van der Waals surface area contributed by atoms with Crippen molar-refractivity contribution in [3.63, 3.8) is 0 Å². The van der Waals surface area contributed by atoms with E-state index in [4.69, 9.17) is 10.5 Å². The number of fused-ring (bicyclic) bond motifs is 1. The van der Waals surface area contributed by atoms with Gasteiger partial charge < -0.3 is 15.4 Å². The molecule has 0 amide bonds. The van der Waals surface area contributed by atoms with Crippen molar-refractivity contribution in [1.29, 1.82) is 0 Å². The van der Waals surface area contributed by atoms with E-state index < -0.39 is 0 Å². The zero-order chi connectivity index (χ0) is 9.97. The second kappa shape index (κ2) is 6.78. The highest BCUT2D eigenvalue weighted by Crippen LogP contribution is 2.31. The smallest absolute Gasteiger partial charge is 0.145 e. The number of rotatable bonds is 2. The van der Waals surface area contributed by atoms with Crippen LogP contribution in [-0.2, 0) is 0 Å². The third-order valence-corrected chi connectivity index (χ3v) is 2.28. The SMILES string of the molecule is Cl.Cl.NCCN1CCOc2cc(F)ccc21. The molecular weight excluding hydrogens is 254 g/mol. The van der Waals surface area contributed by atoms with E-state index in [9.17, 15) is 4.39 Å². The summed E-state index contributed by atoms with van der Waals surface area (Å²) in [4.78, 5) is 2.11. The van der Waals surface area contributed by atoms with Crippen molar-refractivity contribution in [3.05, 3.63) is 24.0 Å². The van der Waals surface area contributed by atoms with Gasteiger partial charge in [-0.15, -0.1) is 24.8 Å². The number of nitrogens with zero attached hydrogens (tertiary/aromatic N) is 1. The predicted octanol–water partition coefficient (Wildman–Crippen LogP) is 1.83. The van der Waals surface area contributed by atoms with E-state index in [1.54, 1.807) is 6.07 Å². The molecular formula is C10H15Cl2FN2O. The third-order valence-electron chi connectivity index (χ3n) is 2.28. The normalized spacial score (nSPS) is 13.0. The van der Waals surface area contributed by atoms with Gasteiger partial charge in [0.2, 0.25) is 0 Å². The van der Waals surface area contributed by atoms with E-state index >= 15 is 0 Å². The largest absolute Gasteiger partial charge is 0.489 e. The quantitative estimate of drug-likeness (QED) is 0.890. The van der Waals surface area contributed by atoms with Gasteiger partial charge in [-0.05, 0) is 12.1 Å². The van der Waals surface area contributed by atoms with Crippen LogP contribution in [0.15, 0.2) is 18.2 Å². The summed E-state index contributed by atoms with van der Waals surface area (Å²) in [6, 6.07) is 4.59. The molecule has 2 rings (SSSR count). The Bertz CT molecular complexity index is 339. The van der Waals surface area contributed by atoms with E-state index in [0.29, 0.717) is 18.9 Å². The van der Waals surface area contributed by atoms with Crippen molar-refractivity contribution in [2.45, 2.75) is 0 Å². The molecule has 0 unspecified atom stereocenters. The molecule has 1 heterocycles. The molecule has 0 atom stereocenters. The minimum absolute atomic E-state index is 0. The summed E-state index contributed by atoms with van der Waals surface area (Å²) in [5.41, 5.74) is 6.42. The van der Waals surface area contributed by atoms with Crippen molar-refractivity contribution >= 4 is 30.5 Å². The summed E-state index contributed by atoms with van der Waals surface area (Å²) in [5, 5.41) is 0. The Balaban J connectivity index is 0.00000112.